The predicted molar refractivity (Wildman–Crippen MR) is 57.2 cm³/mol. The lowest BCUT2D eigenvalue weighted by Gasteiger charge is -1.98. The van der Waals surface area contributed by atoms with Gasteiger partial charge in [-0.1, -0.05) is 35.5 Å². The van der Waals surface area contributed by atoms with Crippen LogP contribution in [0.15, 0.2) is 53.2 Å². The van der Waals surface area contributed by atoms with E-state index in [1.807, 2.05) is 42.5 Å². The predicted octanol–water partition coefficient (Wildman–Crippen LogP) is 2.89. The second-order valence-electron chi connectivity index (χ2n) is 3.28. The molecule has 0 saturated carbocycles. The maximum absolute atomic E-state index is 5.02. The molecule has 0 amide bonds. The Morgan fingerprint density at radius 3 is 2.67 bits per heavy atom. The van der Waals surface area contributed by atoms with Gasteiger partial charge in [0.1, 0.15) is 0 Å². The molecule has 0 aliphatic rings. The summed E-state index contributed by atoms with van der Waals surface area (Å²) in [5, 5.41) is 4.62. The summed E-state index contributed by atoms with van der Waals surface area (Å²) < 4.78 is 5.02. The van der Waals surface area contributed by atoms with Gasteiger partial charge in [-0.25, -0.2) is 4.98 Å². The summed E-state index contributed by atoms with van der Waals surface area (Å²) in [6.45, 7) is 0. The molecule has 0 N–H and O–H groups in total. The Morgan fingerprint density at radius 2 is 1.80 bits per heavy atom. The minimum Gasteiger partial charge on any atom is -0.336 e. The van der Waals surface area contributed by atoms with Crippen LogP contribution in [-0.2, 0) is 0 Å². The molecule has 3 aromatic rings. The smallest absolute Gasteiger partial charge is 0.258 e. The van der Waals surface area contributed by atoms with Crippen molar-refractivity contribution in [3.05, 3.63) is 48.7 Å². The zero-order valence-electron chi connectivity index (χ0n) is 7.92. The fourth-order valence-electron chi connectivity index (χ4n) is 1.53. The number of pyridine rings is 1. The molecule has 0 bridgehead atoms. The largest absolute Gasteiger partial charge is 0.336 e. The van der Waals surface area contributed by atoms with E-state index in [-0.39, 0.29) is 0 Å². The summed E-state index contributed by atoms with van der Waals surface area (Å²) in [6, 6.07) is 13.9. The van der Waals surface area contributed by atoms with E-state index in [4.69, 9.17) is 4.52 Å². The molecule has 0 unspecified atom stereocenters. The third-order valence-corrected chi connectivity index (χ3v) is 2.29. The average molecular weight is 196 g/mol. The van der Waals surface area contributed by atoms with Gasteiger partial charge in [-0.05, 0) is 12.1 Å². The zero-order valence-corrected chi connectivity index (χ0v) is 7.92. The first kappa shape index (κ1) is 8.17. The Balaban J connectivity index is 2.19. The molecule has 3 rings (SSSR count). The number of hydrogen-bond donors (Lipinski definition) is 0. The van der Waals surface area contributed by atoms with Crippen molar-refractivity contribution in [2.75, 3.05) is 0 Å². The topological polar surface area (TPSA) is 38.9 Å². The maximum atomic E-state index is 5.02. The molecule has 2 heterocycles. The lowest BCUT2D eigenvalue weighted by atomic mass is 10.1. The summed E-state index contributed by atoms with van der Waals surface area (Å²) in [7, 11) is 0. The standard InChI is InChI=1S/C12H8N2O/c1-2-4-9(5-3-1)11-7-6-10-8-13-15-12(10)14-11/h1-8H. The molecule has 0 fully saturated rings. The molecule has 1 aromatic carbocycles. The first-order valence-electron chi connectivity index (χ1n) is 4.70. The Kier molecular flexibility index (Phi) is 1.75. The SMILES string of the molecule is c1ccc(-c2ccc3cnoc3n2)cc1. The van der Waals surface area contributed by atoms with Crippen molar-refractivity contribution < 1.29 is 4.52 Å². The lowest BCUT2D eigenvalue weighted by molar-refractivity contribution is 0.449. The van der Waals surface area contributed by atoms with Crippen molar-refractivity contribution in [3.8, 4) is 11.3 Å². The minimum absolute atomic E-state index is 0.580. The summed E-state index contributed by atoms with van der Waals surface area (Å²) in [5.74, 6) is 0. The monoisotopic (exact) mass is 196 g/mol. The van der Waals surface area contributed by atoms with Gasteiger partial charge in [0.05, 0.1) is 17.3 Å². The molecule has 0 atom stereocenters. The number of fused-ring (bicyclic) bond motifs is 1. The van der Waals surface area contributed by atoms with E-state index in [2.05, 4.69) is 10.1 Å². The van der Waals surface area contributed by atoms with Crippen molar-refractivity contribution in [1.29, 1.82) is 0 Å². The molecule has 0 radical (unpaired) electrons. The minimum atomic E-state index is 0.580. The number of benzene rings is 1. The van der Waals surface area contributed by atoms with Gasteiger partial charge in [-0.15, -0.1) is 0 Å². The highest BCUT2D eigenvalue weighted by atomic mass is 16.5. The van der Waals surface area contributed by atoms with E-state index in [1.54, 1.807) is 6.20 Å². The zero-order chi connectivity index (χ0) is 10.1. The summed E-state index contributed by atoms with van der Waals surface area (Å²) >= 11 is 0. The fraction of sp³-hybridized carbons (Fsp3) is 0. The second-order valence-corrected chi connectivity index (χ2v) is 3.28. The third-order valence-electron chi connectivity index (χ3n) is 2.29. The van der Waals surface area contributed by atoms with Gasteiger partial charge in [0.2, 0.25) is 0 Å². The molecule has 72 valence electrons. The first-order valence-corrected chi connectivity index (χ1v) is 4.70. The maximum Gasteiger partial charge on any atom is 0.258 e. The molecule has 2 aromatic heterocycles. The fourth-order valence-corrected chi connectivity index (χ4v) is 1.53. The molecular formula is C12H8N2O. The highest BCUT2D eigenvalue weighted by Crippen LogP contribution is 2.19. The van der Waals surface area contributed by atoms with E-state index in [1.165, 1.54) is 0 Å². The van der Waals surface area contributed by atoms with Gasteiger partial charge in [0.15, 0.2) is 0 Å². The molecular weight excluding hydrogens is 188 g/mol. The van der Waals surface area contributed by atoms with Crippen LogP contribution in [0.4, 0.5) is 0 Å². The van der Waals surface area contributed by atoms with Crippen molar-refractivity contribution >= 4 is 11.1 Å². The molecule has 0 aliphatic carbocycles. The van der Waals surface area contributed by atoms with Crippen LogP contribution < -0.4 is 0 Å². The van der Waals surface area contributed by atoms with Crippen molar-refractivity contribution in [3.63, 3.8) is 0 Å². The molecule has 0 aliphatic heterocycles. The third kappa shape index (κ3) is 1.38. The van der Waals surface area contributed by atoms with E-state index < -0.39 is 0 Å². The van der Waals surface area contributed by atoms with Gasteiger partial charge in [-0.2, -0.15) is 0 Å². The normalized spacial score (nSPS) is 10.7. The highest BCUT2D eigenvalue weighted by Gasteiger charge is 2.03. The number of hydrogen-bond acceptors (Lipinski definition) is 3. The van der Waals surface area contributed by atoms with Gasteiger partial charge >= 0.3 is 0 Å². The number of rotatable bonds is 1. The van der Waals surface area contributed by atoms with E-state index >= 15 is 0 Å². The van der Waals surface area contributed by atoms with Crippen LogP contribution in [0.5, 0.6) is 0 Å². The first-order chi connectivity index (χ1) is 7.43. The molecule has 0 spiro atoms. The second kappa shape index (κ2) is 3.20. The van der Waals surface area contributed by atoms with Crippen LogP contribution in [-0.4, -0.2) is 10.1 Å². The quantitative estimate of drug-likeness (QED) is 0.600. The summed E-state index contributed by atoms with van der Waals surface area (Å²) in [5.41, 5.74) is 2.56. The van der Waals surface area contributed by atoms with Gasteiger partial charge in [0, 0.05) is 5.56 Å². The highest BCUT2D eigenvalue weighted by molar-refractivity contribution is 5.75. The van der Waals surface area contributed by atoms with Gasteiger partial charge in [0.25, 0.3) is 5.71 Å². The Labute approximate surface area is 86.4 Å². The van der Waals surface area contributed by atoms with Crippen LogP contribution in [0.1, 0.15) is 0 Å². The Morgan fingerprint density at radius 1 is 0.933 bits per heavy atom. The van der Waals surface area contributed by atoms with Crippen LogP contribution in [0, 0.1) is 0 Å². The van der Waals surface area contributed by atoms with Crippen molar-refractivity contribution in [2.45, 2.75) is 0 Å². The van der Waals surface area contributed by atoms with Gasteiger partial charge in [-0.3, -0.25) is 0 Å². The lowest BCUT2D eigenvalue weighted by Crippen LogP contribution is -1.81. The van der Waals surface area contributed by atoms with Crippen molar-refractivity contribution in [2.24, 2.45) is 0 Å². The molecule has 0 saturated heterocycles. The van der Waals surface area contributed by atoms with Crippen LogP contribution >= 0.6 is 0 Å². The van der Waals surface area contributed by atoms with Crippen LogP contribution in [0.25, 0.3) is 22.4 Å². The van der Waals surface area contributed by atoms with E-state index in [0.717, 1.165) is 16.6 Å². The average Bonchev–Trinajstić information content (AvgIpc) is 2.77. The number of aromatic nitrogens is 2. The number of nitrogens with zero attached hydrogens (tertiary/aromatic N) is 2. The molecule has 3 nitrogen and oxygen atoms in total. The van der Waals surface area contributed by atoms with Crippen LogP contribution in [0.2, 0.25) is 0 Å². The Bertz CT molecular complexity index is 587. The molecule has 15 heavy (non-hydrogen) atoms. The summed E-state index contributed by atoms with van der Waals surface area (Å²) in [6.07, 6.45) is 1.66. The Hall–Kier alpha value is -2.16. The summed E-state index contributed by atoms with van der Waals surface area (Å²) in [4.78, 5) is 4.38. The van der Waals surface area contributed by atoms with E-state index in [9.17, 15) is 0 Å². The van der Waals surface area contributed by atoms with E-state index in [0.29, 0.717) is 5.71 Å². The van der Waals surface area contributed by atoms with Crippen LogP contribution in [0.3, 0.4) is 0 Å². The molecule has 3 heteroatoms. The van der Waals surface area contributed by atoms with Crippen molar-refractivity contribution in [1.82, 2.24) is 10.1 Å². The van der Waals surface area contributed by atoms with Gasteiger partial charge < -0.3 is 4.52 Å².